The van der Waals surface area contributed by atoms with E-state index < -0.39 is 18.2 Å². The molecule has 1 saturated heterocycles. The van der Waals surface area contributed by atoms with Crippen molar-refractivity contribution in [3.8, 4) is 23.0 Å². The molecule has 0 bridgehead atoms. The second-order valence-electron chi connectivity index (χ2n) is 20.7. The second kappa shape index (κ2) is 59.8. The maximum absolute atomic E-state index is 12.4. The second-order valence-corrected chi connectivity index (χ2v) is 23.2. The topological polar surface area (TPSA) is 217 Å². The quantitative estimate of drug-likeness (QED) is 0.0281. The number of cyclic esters (lactones) is 1. The first-order valence-corrected chi connectivity index (χ1v) is 31.6. The van der Waals surface area contributed by atoms with Crippen molar-refractivity contribution in [2.24, 2.45) is 5.92 Å². The fourth-order valence-electron chi connectivity index (χ4n) is 8.39. The van der Waals surface area contributed by atoms with Gasteiger partial charge in [0, 0.05) is 52.2 Å². The molecule has 0 aromatic heterocycles. The molecule has 8 rings (SSSR count). The van der Waals surface area contributed by atoms with Gasteiger partial charge in [0.1, 0.15) is 29.1 Å². The number of rotatable bonds is 23. The molecule has 29 heteroatoms. The molecule has 1 aliphatic rings. The van der Waals surface area contributed by atoms with Gasteiger partial charge in [0.2, 0.25) is 5.91 Å². The molecule has 7 aromatic rings. The van der Waals surface area contributed by atoms with E-state index in [1.165, 1.54) is 26.4 Å². The number of ketones is 4. The maximum atomic E-state index is 12.4. The van der Waals surface area contributed by atoms with E-state index >= 15 is 0 Å². The Kier molecular flexibility index (Phi) is 64.2. The average molecular weight is 1600 g/mol. The molecule has 0 saturated carbocycles. The number of hydroxylamine groups is 2. The summed E-state index contributed by atoms with van der Waals surface area (Å²) in [6, 6.07) is 47.1. The van der Waals surface area contributed by atoms with Crippen LogP contribution in [0, 0.1) is 12.3 Å². The Hall–Kier alpha value is -3.35. The van der Waals surface area contributed by atoms with Gasteiger partial charge in [-0.15, -0.1) is 0 Å². The van der Waals surface area contributed by atoms with Gasteiger partial charge in [-0.1, -0.05) is 188 Å². The fraction of sp³-hybridized carbons (Fsp3) is 0.319. The van der Waals surface area contributed by atoms with E-state index in [1.807, 2.05) is 94.8 Å². The number of methoxy groups -OCH3 is 4. The zero-order valence-corrected chi connectivity index (χ0v) is 70.1. The van der Waals surface area contributed by atoms with Crippen LogP contribution < -0.4 is 138 Å². The van der Waals surface area contributed by atoms with E-state index in [2.05, 4.69) is 31.9 Å². The summed E-state index contributed by atoms with van der Waals surface area (Å²) in [5.74, 6) is 1.91. The maximum Gasteiger partial charge on any atom is 2.00 e. The number of alkyl carbamates (subject to hydrolysis) is 1. The summed E-state index contributed by atoms with van der Waals surface area (Å²) < 4.78 is 26.3. The molecule has 6 atom stereocenters. The van der Waals surface area contributed by atoms with Gasteiger partial charge >= 0.3 is 107 Å². The summed E-state index contributed by atoms with van der Waals surface area (Å²) in [7, 11) is 9.21. The first kappa shape index (κ1) is 109. The molecule has 0 spiro atoms. The molecule has 0 unspecified atom stereocenters. The van der Waals surface area contributed by atoms with E-state index in [0.29, 0.717) is 83.7 Å². The number of hydrogen-bond donors (Lipinski definition) is 4. The van der Waals surface area contributed by atoms with Crippen LogP contribution in [0.3, 0.4) is 0 Å². The number of nitrogens with zero attached hydrogens (tertiary/aromatic N) is 1. The molecule has 2 amide bonds. The molecular formula is C72H91BBrCl6LiMgN4Na2O13. The van der Waals surface area contributed by atoms with Crippen molar-refractivity contribution in [1.82, 2.24) is 21.0 Å². The van der Waals surface area contributed by atoms with E-state index in [-0.39, 0.29) is 209 Å². The summed E-state index contributed by atoms with van der Waals surface area (Å²) in [6.07, 6.45) is 1.43. The molecule has 101 heavy (non-hydrogen) atoms. The van der Waals surface area contributed by atoms with E-state index in [9.17, 15) is 33.9 Å². The summed E-state index contributed by atoms with van der Waals surface area (Å²) in [4.78, 5) is 75.9. The summed E-state index contributed by atoms with van der Waals surface area (Å²) >= 11 is 27.2. The number of nitrogens with one attached hydrogen (secondary N) is 3. The Morgan fingerprint density at radius 1 is 0.624 bits per heavy atom. The Morgan fingerprint density at radius 3 is 1.42 bits per heavy atom. The Balaban J connectivity index is -0.000000218. The first-order valence-electron chi connectivity index (χ1n) is 29.3. The van der Waals surface area contributed by atoms with Crippen LogP contribution in [0.15, 0.2) is 168 Å². The van der Waals surface area contributed by atoms with Gasteiger partial charge in [-0.3, -0.25) is 28.8 Å². The largest absolute Gasteiger partial charge is 2.00 e. The van der Waals surface area contributed by atoms with Crippen molar-refractivity contribution in [3.63, 3.8) is 0 Å². The number of ether oxygens (including phenoxy) is 5. The number of amides is 2. The fourth-order valence-corrected chi connectivity index (χ4v) is 9.93. The van der Waals surface area contributed by atoms with Crippen molar-refractivity contribution in [2.45, 2.75) is 92.1 Å². The Bertz CT molecular complexity index is 3520. The minimum absolute atomic E-state index is 0. The van der Waals surface area contributed by atoms with Crippen molar-refractivity contribution >= 4 is 129 Å². The SMILES string of the molecule is C.CON(C)C(=O)[C@H](C)CCC(=O)c1ccccc1.COc1ccc(Br)cc1Cl.COc1ccc(C(=O)[C@H](C)NCC(=O)c2ccccc2)cc1Cl.COc1ccc([C@@H](O)[C@H](C)NCC(=O)c2ccccc2)cc1Cl.COc1ccc([C@H]2OC(=O)N[C@H]2C)cc1Cl.C[CH-]C.[BH4-].[Cl-].[Cl-].[H-].[Li+].[Mg+2].[Na+].[Na+]. The minimum atomic E-state index is -0.776. The molecule has 1 fully saturated rings. The van der Waals surface area contributed by atoms with E-state index in [4.69, 9.17) is 74.9 Å². The van der Waals surface area contributed by atoms with Crippen molar-refractivity contribution in [2.75, 3.05) is 55.7 Å². The molecule has 17 nitrogen and oxygen atoms in total. The summed E-state index contributed by atoms with van der Waals surface area (Å²) in [5.41, 5.74) is 3.96. The standard InChI is InChI=1S/C18H20ClNO3.C18H18ClNO3.C14H19NO3.C11H12ClNO3.C7H6BrClO.C3H7.CH4.BH4.2ClH.Li.Mg.2Na.H/c2*1-12(20-11-16(21)13-6-4-3-5-7-13)18(22)14-8-9-17(23-2)15(19)10-14;1-11(14(17)15(2)18-3)9-10-13(16)12-7-5-4-6-8-12;1-6-10(16-11(14)13-6)7-3-4-9(15-2)8(12)5-7;1-10-7-3-2-5(8)4-6(7)9;1-3-2;;;;;;;;;/h3-10,12,18,20,22H,11H2,1-2H3;3-10,12,20H,11H2,1-2H3;4-8,11H,9-10H2,1-3H3;3-6,10H,1-2H3,(H,13,14);2-4H,1H3;3H,1-2H3;2*1H4;2*1H;;;;;/q;;;;;-1;;-1;;;+1;+2;2*+1;-1/p-2/t12-,18-;12-;11-;6-,10-;;;;;;;;;;;/m0010.........../s1. The predicted molar refractivity (Wildman–Crippen MR) is 397 cm³/mol. The van der Waals surface area contributed by atoms with Gasteiger partial charge in [0.15, 0.2) is 23.1 Å². The molecular weight excluding hydrogens is 1510 g/mol. The van der Waals surface area contributed by atoms with Crippen LogP contribution in [0.4, 0.5) is 4.79 Å². The molecule has 534 valence electrons. The Labute approximate surface area is 713 Å². The van der Waals surface area contributed by atoms with Crippen LogP contribution in [0.25, 0.3) is 0 Å². The van der Waals surface area contributed by atoms with Crippen LogP contribution in [0.2, 0.25) is 20.1 Å². The number of aliphatic hydroxyl groups excluding tert-OH is 1. The first-order chi connectivity index (χ1) is 44.4. The molecule has 0 aliphatic carbocycles. The number of carbonyl (C=O) groups excluding carboxylic acids is 6. The smallest absolute Gasteiger partial charge is 1.00 e. The van der Waals surface area contributed by atoms with E-state index in [1.54, 1.807) is 138 Å². The number of hydrogen-bond acceptors (Lipinski definition) is 15. The van der Waals surface area contributed by atoms with Gasteiger partial charge in [-0.05, 0) is 99.0 Å². The molecule has 7 aromatic carbocycles. The third-order valence-corrected chi connectivity index (χ3v) is 15.4. The van der Waals surface area contributed by atoms with Gasteiger partial charge in [0.25, 0.3) is 0 Å². The number of Topliss-reactive ketones (excluding diaryl/α,β-unsaturated/α-hetero) is 4. The normalized spacial score (nSPS) is 12.8. The number of halogens is 7. The van der Waals surface area contributed by atoms with Crippen molar-refractivity contribution < 1.29 is 167 Å². The number of aliphatic hydroxyl groups is 1. The third kappa shape index (κ3) is 38.7. The number of carbonyl (C=O) groups is 6. The molecule has 4 N–H and O–H groups in total. The van der Waals surface area contributed by atoms with E-state index in [0.717, 1.165) is 10.0 Å². The van der Waals surface area contributed by atoms with Crippen molar-refractivity contribution in [1.29, 1.82) is 0 Å². The van der Waals surface area contributed by atoms with Gasteiger partial charge in [-0.2, -0.15) is 13.8 Å². The molecule has 0 radical (unpaired) electrons. The third-order valence-electron chi connectivity index (χ3n) is 13.7. The Morgan fingerprint density at radius 2 is 1.02 bits per heavy atom. The predicted octanol–water partition coefficient (Wildman–Crippen LogP) is -0.264. The summed E-state index contributed by atoms with van der Waals surface area (Å²) in [6.45, 7) is 11.5. The van der Waals surface area contributed by atoms with Crippen LogP contribution in [0.1, 0.15) is 128 Å². The van der Waals surface area contributed by atoms with Gasteiger partial charge in [0.05, 0.1) is 86.9 Å². The summed E-state index contributed by atoms with van der Waals surface area (Å²) in [5, 5.41) is 22.2. The van der Waals surface area contributed by atoms with Crippen LogP contribution >= 0.6 is 62.3 Å². The van der Waals surface area contributed by atoms with Gasteiger partial charge in [-0.25, -0.2) is 9.86 Å². The van der Waals surface area contributed by atoms with Crippen molar-refractivity contribution in [3.05, 3.63) is 228 Å². The zero-order chi connectivity index (χ0) is 69.2. The average Bonchev–Trinajstić information content (AvgIpc) is 1.63. The monoisotopic (exact) mass is 1600 g/mol. The van der Waals surface area contributed by atoms with Crippen LogP contribution in [-0.2, 0) is 14.4 Å². The minimum Gasteiger partial charge on any atom is -1.00 e. The van der Waals surface area contributed by atoms with Crippen LogP contribution in [0.5, 0.6) is 23.0 Å². The van der Waals surface area contributed by atoms with Gasteiger partial charge < -0.3 is 77.4 Å². The molecule has 1 aliphatic heterocycles. The molecule has 1 heterocycles. The number of benzene rings is 7. The van der Waals surface area contributed by atoms with Crippen LogP contribution in [-0.4, -0.2) is 151 Å². The zero-order valence-electron chi connectivity index (χ0n) is 59.6.